The first-order valence-corrected chi connectivity index (χ1v) is 7.98. The summed E-state index contributed by atoms with van der Waals surface area (Å²) in [6.07, 6.45) is 0.715. The van der Waals surface area contributed by atoms with Crippen molar-refractivity contribution in [3.63, 3.8) is 0 Å². The van der Waals surface area contributed by atoms with Crippen LogP contribution in [0, 0.1) is 19.7 Å². The summed E-state index contributed by atoms with van der Waals surface area (Å²) in [6.45, 7) is 4.17. The monoisotopic (exact) mass is 369 g/mol. The van der Waals surface area contributed by atoms with Gasteiger partial charge in [-0.25, -0.2) is 4.39 Å². The van der Waals surface area contributed by atoms with Crippen molar-refractivity contribution in [1.29, 1.82) is 0 Å². The second kappa shape index (κ2) is 6.91. The number of rotatable bonds is 4. The second-order valence-corrected chi connectivity index (χ2v) is 6.46. The van der Waals surface area contributed by atoms with Crippen LogP contribution in [-0.2, 0) is 6.42 Å². The average Bonchev–Trinajstić information content (AvgIpc) is 2.47. The summed E-state index contributed by atoms with van der Waals surface area (Å²) in [7, 11) is 1.83. The number of benzene rings is 2. The van der Waals surface area contributed by atoms with Gasteiger partial charge in [-0.2, -0.15) is 0 Å². The summed E-state index contributed by atoms with van der Waals surface area (Å²) in [5.74, 6) is -0.366. The number of hydrogen-bond acceptors (Lipinski definition) is 1. The Morgan fingerprint density at radius 3 is 2.52 bits per heavy atom. The molecule has 112 valence electrons. The van der Waals surface area contributed by atoms with Crippen LogP contribution in [0.1, 0.15) is 28.3 Å². The van der Waals surface area contributed by atoms with E-state index in [2.05, 4.69) is 53.3 Å². The Hall–Kier alpha value is -0.900. The van der Waals surface area contributed by atoms with Crippen LogP contribution in [0.2, 0.25) is 5.02 Å². The third kappa shape index (κ3) is 3.65. The molecule has 0 amide bonds. The van der Waals surface area contributed by atoms with Crippen LogP contribution in [0.4, 0.5) is 4.39 Å². The minimum atomic E-state index is -0.366. The largest absolute Gasteiger partial charge is 0.313 e. The lowest BCUT2D eigenvalue weighted by molar-refractivity contribution is 0.533. The fourth-order valence-electron chi connectivity index (χ4n) is 2.34. The van der Waals surface area contributed by atoms with Crippen LogP contribution < -0.4 is 5.32 Å². The van der Waals surface area contributed by atoms with E-state index in [9.17, 15) is 4.39 Å². The van der Waals surface area contributed by atoms with Crippen LogP contribution >= 0.6 is 27.5 Å². The van der Waals surface area contributed by atoms with E-state index in [1.165, 1.54) is 16.7 Å². The van der Waals surface area contributed by atoms with E-state index >= 15 is 0 Å². The van der Waals surface area contributed by atoms with Crippen molar-refractivity contribution in [3.8, 4) is 0 Å². The molecule has 1 nitrogen and oxygen atoms in total. The zero-order chi connectivity index (χ0) is 15.6. The highest BCUT2D eigenvalue weighted by Crippen LogP contribution is 2.31. The van der Waals surface area contributed by atoms with Crippen molar-refractivity contribution >= 4 is 27.5 Å². The fraction of sp³-hybridized carbons (Fsp3) is 0.294. The smallest absolute Gasteiger partial charge is 0.147 e. The molecular formula is C17H18BrClFN. The highest BCUT2D eigenvalue weighted by atomic mass is 79.9. The van der Waals surface area contributed by atoms with Crippen molar-refractivity contribution in [2.45, 2.75) is 26.3 Å². The van der Waals surface area contributed by atoms with Crippen molar-refractivity contribution in [1.82, 2.24) is 5.32 Å². The molecule has 1 N–H and O–H groups in total. The van der Waals surface area contributed by atoms with Crippen LogP contribution in [0.3, 0.4) is 0 Å². The Morgan fingerprint density at radius 1 is 1.19 bits per heavy atom. The van der Waals surface area contributed by atoms with E-state index in [0.29, 0.717) is 16.5 Å². The standard InChI is InChI=1S/C17H18BrClFN/c1-10-4-5-12(8-11(10)2)9-15(21-3)13-6-7-14(18)16(19)17(13)20/h4-8,15,21H,9H2,1-3H3. The van der Waals surface area contributed by atoms with Crippen LogP contribution in [0.25, 0.3) is 0 Å². The molecule has 21 heavy (non-hydrogen) atoms. The molecule has 0 aliphatic rings. The Kier molecular flexibility index (Phi) is 5.42. The molecule has 1 atom stereocenters. The maximum atomic E-state index is 14.3. The molecule has 0 fully saturated rings. The molecular weight excluding hydrogens is 353 g/mol. The summed E-state index contributed by atoms with van der Waals surface area (Å²) in [6, 6.07) is 9.78. The van der Waals surface area contributed by atoms with Gasteiger partial charge in [0.25, 0.3) is 0 Å². The minimum absolute atomic E-state index is 0.113. The third-order valence-corrected chi connectivity index (χ3v) is 5.06. The second-order valence-electron chi connectivity index (χ2n) is 5.23. The highest BCUT2D eigenvalue weighted by molar-refractivity contribution is 9.10. The predicted octanol–water partition coefficient (Wildman–Crippen LogP) is 5.36. The first-order valence-electron chi connectivity index (χ1n) is 6.80. The van der Waals surface area contributed by atoms with Gasteiger partial charge >= 0.3 is 0 Å². The molecule has 4 heteroatoms. The van der Waals surface area contributed by atoms with E-state index in [-0.39, 0.29) is 16.9 Å². The third-order valence-electron chi connectivity index (χ3n) is 3.80. The van der Waals surface area contributed by atoms with E-state index < -0.39 is 0 Å². The molecule has 0 aliphatic heterocycles. The molecule has 0 saturated heterocycles. The molecule has 0 saturated carbocycles. The van der Waals surface area contributed by atoms with Crippen LogP contribution in [0.15, 0.2) is 34.8 Å². The highest BCUT2D eigenvalue weighted by Gasteiger charge is 2.18. The summed E-state index contributed by atoms with van der Waals surface area (Å²) < 4.78 is 14.9. The lowest BCUT2D eigenvalue weighted by Gasteiger charge is -2.19. The number of halogens is 3. The maximum Gasteiger partial charge on any atom is 0.147 e. The zero-order valence-corrected chi connectivity index (χ0v) is 14.6. The van der Waals surface area contributed by atoms with E-state index in [4.69, 9.17) is 11.6 Å². The van der Waals surface area contributed by atoms with Crippen molar-refractivity contribution in [3.05, 3.63) is 67.9 Å². The number of hydrogen-bond donors (Lipinski definition) is 1. The van der Waals surface area contributed by atoms with Crippen molar-refractivity contribution in [2.75, 3.05) is 7.05 Å². The number of likely N-dealkylation sites (N-methyl/N-ethyl adjacent to an activating group) is 1. The van der Waals surface area contributed by atoms with Gasteiger partial charge in [0.1, 0.15) is 5.82 Å². The maximum absolute atomic E-state index is 14.3. The molecule has 0 aliphatic carbocycles. The Labute approximate surface area is 138 Å². The minimum Gasteiger partial charge on any atom is -0.313 e. The van der Waals surface area contributed by atoms with Gasteiger partial charge in [0.15, 0.2) is 0 Å². The van der Waals surface area contributed by atoms with Gasteiger partial charge in [-0.3, -0.25) is 0 Å². The lowest BCUT2D eigenvalue weighted by atomic mass is 9.96. The Morgan fingerprint density at radius 2 is 1.90 bits per heavy atom. The Balaban J connectivity index is 2.32. The van der Waals surface area contributed by atoms with E-state index in [1.54, 1.807) is 12.1 Å². The van der Waals surface area contributed by atoms with Gasteiger partial charge < -0.3 is 5.32 Å². The number of nitrogens with one attached hydrogen (secondary N) is 1. The van der Waals surface area contributed by atoms with Gasteiger partial charge in [0.2, 0.25) is 0 Å². The normalized spacial score (nSPS) is 12.5. The molecule has 2 aromatic rings. The van der Waals surface area contributed by atoms with Crippen LogP contribution in [-0.4, -0.2) is 7.05 Å². The molecule has 0 aromatic heterocycles. The van der Waals surface area contributed by atoms with Crippen molar-refractivity contribution < 1.29 is 4.39 Å². The molecule has 2 rings (SSSR count). The summed E-state index contributed by atoms with van der Waals surface area (Å²) in [4.78, 5) is 0. The predicted molar refractivity (Wildman–Crippen MR) is 90.5 cm³/mol. The quantitative estimate of drug-likeness (QED) is 0.714. The molecule has 0 heterocycles. The Bertz CT molecular complexity index is 657. The number of aryl methyl sites for hydroxylation is 2. The topological polar surface area (TPSA) is 12.0 Å². The van der Waals surface area contributed by atoms with Gasteiger partial charge in [-0.05, 0) is 66.0 Å². The summed E-state index contributed by atoms with van der Waals surface area (Å²) in [5.41, 5.74) is 4.27. The summed E-state index contributed by atoms with van der Waals surface area (Å²) in [5, 5.41) is 3.31. The van der Waals surface area contributed by atoms with Gasteiger partial charge in [-0.1, -0.05) is 35.9 Å². The van der Waals surface area contributed by atoms with E-state index in [1.807, 2.05) is 7.05 Å². The fourth-order valence-corrected chi connectivity index (χ4v) is 2.82. The lowest BCUT2D eigenvalue weighted by Crippen LogP contribution is -2.20. The average molecular weight is 371 g/mol. The molecule has 0 bridgehead atoms. The van der Waals surface area contributed by atoms with Crippen LogP contribution in [0.5, 0.6) is 0 Å². The molecule has 0 spiro atoms. The first kappa shape index (κ1) is 16.5. The molecule has 0 radical (unpaired) electrons. The SMILES string of the molecule is CNC(Cc1ccc(C)c(C)c1)c1ccc(Br)c(Cl)c1F. The molecule has 1 unspecified atom stereocenters. The van der Waals surface area contributed by atoms with Gasteiger partial charge in [-0.15, -0.1) is 0 Å². The zero-order valence-electron chi connectivity index (χ0n) is 12.3. The first-order chi connectivity index (χ1) is 9.93. The van der Waals surface area contributed by atoms with E-state index in [0.717, 1.165) is 0 Å². The summed E-state index contributed by atoms with van der Waals surface area (Å²) >= 11 is 9.23. The molecule has 2 aromatic carbocycles. The van der Waals surface area contributed by atoms with Gasteiger partial charge in [0, 0.05) is 16.1 Å². The van der Waals surface area contributed by atoms with Gasteiger partial charge in [0.05, 0.1) is 5.02 Å². The van der Waals surface area contributed by atoms with Crippen molar-refractivity contribution in [2.24, 2.45) is 0 Å².